The van der Waals surface area contributed by atoms with Crippen LogP contribution in [0.4, 0.5) is 15.8 Å². The number of nitrogens with zero attached hydrogens (tertiary/aromatic N) is 3. The Kier molecular flexibility index (Phi) is 15.5. The highest BCUT2D eigenvalue weighted by Crippen LogP contribution is 2.33. The van der Waals surface area contributed by atoms with E-state index < -0.39 is 12.5 Å². The van der Waals surface area contributed by atoms with Crippen LogP contribution in [0.1, 0.15) is 70.2 Å². The summed E-state index contributed by atoms with van der Waals surface area (Å²) in [5.74, 6) is -0.305. The number of allylic oxidation sites excluding steroid dienone is 4. The minimum Gasteiger partial charge on any atom is -0.390 e. The van der Waals surface area contributed by atoms with Crippen LogP contribution in [-0.2, 0) is 0 Å². The van der Waals surface area contributed by atoms with Crippen molar-refractivity contribution < 1.29 is 19.7 Å². The van der Waals surface area contributed by atoms with Gasteiger partial charge in [-0.15, -0.1) is 0 Å². The molecular weight excluding hydrogens is 519 g/mol. The van der Waals surface area contributed by atoms with Crippen LogP contribution in [0.3, 0.4) is 0 Å². The van der Waals surface area contributed by atoms with Crippen molar-refractivity contribution in [1.82, 2.24) is 10.2 Å². The highest BCUT2D eigenvalue weighted by atomic mass is 19.1. The summed E-state index contributed by atoms with van der Waals surface area (Å²) < 4.78 is 13.4. The second kappa shape index (κ2) is 18.8. The zero-order valence-corrected chi connectivity index (χ0v) is 24.5. The molecule has 0 heterocycles. The average molecular weight is 565 g/mol. The predicted octanol–water partition coefficient (Wildman–Crippen LogP) is 6.48. The second-order valence-corrected chi connectivity index (χ2v) is 9.72. The normalized spacial score (nSPS) is 13.3. The molecule has 0 fully saturated rings. The third kappa shape index (κ3) is 12.7. The molecule has 222 valence electrons. The number of aliphatic imine (C=N–C) groups is 2. The number of hydrogen-bond acceptors (Lipinski definition) is 7. The Hall–Kier alpha value is -3.43. The molecule has 2 rings (SSSR count). The fourth-order valence-electron chi connectivity index (χ4n) is 3.95. The number of halogens is 1. The van der Waals surface area contributed by atoms with Crippen LogP contribution < -0.4 is 5.32 Å². The summed E-state index contributed by atoms with van der Waals surface area (Å²) in [5.41, 5.74) is 4.55. The summed E-state index contributed by atoms with van der Waals surface area (Å²) in [4.78, 5) is 11.4. The lowest BCUT2D eigenvalue weighted by atomic mass is 10.1. The monoisotopic (exact) mass is 564 g/mol. The van der Waals surface area contributed by atoms with Gasteiger partial charge in [-0.1, -0.05) is 56.4 Å². The molecule has 0 aliphatic carbocycles. The van der Waals surface area contributed by atoms with Gasteiger partial charge >= 0.3 is 0 Å². The van der Waals surface area contributed by atoms with Gasteiger partial charge in [-0.25, -0.2) is 4.39 Å². The largest absolute Gasteiger partial charge is 0.390 e. The van der Waals surface area contributed by atoms with E-state index in [2.05, 4.69) is 23.8 Å². The van der Waals surface area contributed by atoms with Gasteiger partial charge in [-0.05, 0) is 93.2 Å². The van der Waals surface area contributed by atoms with Crippen molar-refractivity contribution in [2.45, 2.75) is 65.4 Å². The lowest BCUT2D eigenvalue weighted by Crippen LogP contribution is -2.34. The molecule has 4 N–H and O–H groups in total. The number of aliphatic hydroxyl groups excluding tert-OH is 2. The van der Waals surface area contributed by atoms with Crippen LogP contribution in [0.15, 0.2) is 89.0 Å². The Labute approximate surface area is 244 Å². The van der Waals surface area contributed by atoms with E-state index in [1.165, 1.54) is 12.1 Å². The van der Waals surface area contributed by atoms with Gasteiger partial charge in [0, 0.05) is 25.0 Å². The molecule has 0 aliphatic rings. The Morgan fingerprint density at radius 1 is 1.05 bits per heavy atom. The first-order valence-corrected chi connectivity index (χ1v) is 14.3. The maximum Gasteiger partial charge on any atom is 0.151 e. The molecule has 7 nitrogen and oxygen atoms in total. The summed E-state index contributed by atoms with van der Waals surface area (Å²) in [6.45, 7) is 11.8. The highest BCUT2D eigenvalue weighted by Gasteiger charge is 2.17. The molecule has 1 unspecified atom stereocenters. The average Bonchev–Trinajstić information content (AvgIpc) is 2.96. The van der Waals surface area contributed by atoms with Crippen molar-refractivity contribution >= 4 is 23.3 Å². The maximum absolute atomic E-state index is 13.4. The quantitative estimate of drug-likeness (QED) is 0.0719. The van der Waals surface area contributed by atoms with Crippen molar-refractivity contribution in [2.75, 3.05) is 19.6 Å². The number of hydrogen-bond donors (Lipinski definition) is 4. The first kappa shape index (κ1) is 33.8. The SMILES string of the molecule is C=C(/C=C\C=C\NCCN(CC)C(O)c1ccc(/N=C(\C)c2ccc(F)cc2)c(/N=C/CCCCC(O)O)c1)CC. The molecule has 0 saturated heterocycles. The van der Waals surface area contributed by atoms with E-state index in [9.17, 15) is 9.50 Å². The van der Waals surface area contributed by atoms with E-state index >= 15 is 0 Å². The van der Waals surface area contributed by atoms with Crippen molar-refractivity contribution in [3.63, 3.8) is 0 Å². The molecular formula is C33H45FN4O3. The van der Waals surface area contributed by atoms with Crippen molar-refractivity contribution in [3.8, 4) is 0 Å². The maximum atomic E-state index is 13.4. The molecule has 2 aromatic carbocycles. The fraction of sp³-hybridized carbons (Fsp3) is 0.394. The number of benzene rings is 2. The smallest absolute Gasteiger partial charge is 0.151 e. The van der Waals surface area contributed by atoms with E-state index in [1.54, 1.807) is 18.3 Å². The van der Waals surface area contributed by atoms with Crippen LogP contribution >= 0.6 is 0 Å². The zero-order chi connectivity index (χ0) is 30.0. The summed E-state index contributed by atoms with van der Waals surface area (Å²) in [6.07, 6.45) is 10.8. The van der Waals surface area contributed by atoms with Crippen molar-refractivity contribution in [1.29, 1.82) is 0 Å². The van der Waals surface area contributed by atoms with Gasteiger partial charge in [-0.2, -0.15) is 0 Å². The van der Waals surface area contributed by atoms with E-state index in [-0.39, 0.29) is 5.82 Å². The lowest BCUT2D eigenvalue weighted by Gasteiger charge is -2.27. The van der Waals surface area contributed by atoms with Gasteiger partial charge in [0.25, 0.3) is 0 Å². The molecule has 0 aromatic heterocycles. The van der Waals surface area contributed by atoms with Crippen LogP contribution in [0.2, 0.25) is 0 Å². The number of rotatable bonds is 18. The summed E-state index contributed by atoms with van der Waals surface area (Å²) in [7, 11) is 0. The summed E-state index contributed by atoms with van der Waals surface area (Å²) in [5, 5.41) is 32.5. The van der Waals surface area contributed by atoms with Gasteiger partial charge < -0.3 is 20.6 Å². The standard InChI is InChI=1S/C33H45FN4O3/c1-5-25(3)12-9-11-20-35-22-23-38(6-2)33(41)28-16-19-30(37-26(4)27-14-17-29(34)18-15-27)31(24-28)36-21-10-7-8-13-32(39)40/h9,11-12,14-21,24,32-33,35,39-41H,3,5-8,10,13,22-23H2,1-2,4H3/b12-9-,20-11+,36-21+,37-26+. The summed E-state index contributed by atoms with van der Waals surface area (Å²) in [6, 6.07) is 11.7. The molecule has 41 heavy (non-hydrogen) atoms. The van der Waals surface area contributed by atoms with Gasteiger partial charge in [0.15, 0.2) is 6.29 Å². The topological polar surface area (TPSA) is 101 Å². The van der Waals surface area contributed by atoms with E-state index in [1.807, 2.05) is 61.4 Å². The second-order valence-electron chi connectivity index (χ2n) is 9.72. The number of likely N-dealkylation sites (N-methyl/N-ethyl adjacent to an activating group) is 1. The van der Waals surface area contributed by atoms with Gasteiger partial charge in [0.05, 0.1) is 11.4 Å². The molecule has 1 atom stereocenters. The van der Waals surface area contributed by atoms with Crippen molar-refractivity contribution in [3.05, 3.63) is 96.0 Å². The van der Waals surface area contributed by atoms with Crippen LogP contribution in [0.5, 0.6) is 0 Å². The molecule has 2 aromatic rings. The van der Waals surface area contributed by atoms with Gasteiger partial charge in [-0.3, -0.25) is 14.9 Å². The van der Waals surface area contributed by atoms with Gasteiger partial charge in [0.1, 0.15) is 12.0 Å². The van der Waals surface area contributed by atoms with E-state index in [0.29, 0.717) is 55.8 Å². The van der Waals surface area contributed by atoms with Gasteiger partial charge in [0.2, 0.25) is 0 Å². The van der Waals surface area contributed by atoms with Crippen LogP contribution in [0.25, 0.3) is 0 Å². The first-order valence-electron chi connectivity index (χ1n) is 14.3. The number of nitrogens with one attached hydrogen (secondary N) is 1. The summed E-state index contributed by atoms with van der Waals surface area (Å²) >= 11 is 0. The van der Waals surface area contributed by atoms with Crippen LogP contribution in [-0.4, -0.2) is 58.1 Å². The molecule has 8 heteroatoms. The molecule has 0 radical (unpaired) electrons. The third-order valence-electron chi connectivity index (χ3n) is 6.53. The predicted molar refractivity (Wildman–Crippen MR) is 167 cm³/mol. The highest BCUT2D eigenvalue weighted by molar-refractivity contribution is 6.00. The Morgan fingerprint density at radius 3 is 2.49 bits per heavy atom. The minimum atomic E-state index is -1.30. The Morgan fingerprint density at radius 2 is 1.80 bits per heavy atom. The zero-order valence-electron chi connectivity index (χ0n) is 24.5. The van der Waals surface area contributed by atoms with E-state index in [0.717, 1.165) is 29.7 Å². The molecule has 0 aliphatic heterocycles. The number of unbranched alkanes of at least 4 members (excludes halogenated alkanes) is 2. The minimum absolute atomic E-state index is 0.305. The third-order valence-corrected chi connectivity index (χ3v) is 6.53. The first-order chi connectivity index (χ1) is 19.7. The fourth-order valence-corrected chi connectivity index (χ4v) is 3.95. The van der Waals surface area contributed by atoms with Crippen molar-refractivity contribution in [2.24, 2.45) is 9.98 Å². The number of aliphatic hydroxyl groups is 3. The Balaban J connectivity index is 2.17. The molecule has 0 spiro atoms. The lowest BCUT2D eigenvalue weighted by molar-refractivity contribution is -0.0464. The van der Waals surface area contributed by atoms with Crippen LogP contribution in [0, 0.1) is 5.82 Å². The molecule has 0 saturated carbocycles. The molecule has 0 bridgehead atoms. The van der Waals surface area contributed by atoms with E-state index in [4.69, 9.17) is 15.2 Å². The Bertz CT molecular complexity index is 1190. The molecule has 0 amide bonds.